The summed E-state index contributed by atoms with van der Waals surface area (Å²) in [6.45, 7) is 2.14. The second-order valence-electron chi connectivity index (χ2n) is 2.25. The van der Waals surface area contributed by atoms with E-state index in [1.54, 1.807) is 0 Å². The molecule has 1 heteroatoms. The molecule has 0 unspecified atom stereocenters. The Labute approximate surface area is 66.8 Å². The molecule has 0 spiro atoms. The van der Waals surface area contributed by atoms with Crippen LogP contribution in [0.25, 0.3) is 0 Å². The SMILES string of the molecule is CCCc1[c]cccc1Cl. The van der Waals surface area contributed by atoms with Gasteiger partial charge >= 0.3 is 0 Å². The van der Waals surface area contributed by atoms with Crippen LogP contribution in [0.1, 0.15) is 18.9 Å². The van der Waals surface area contributed by atoms with Gasteiger partial charge in [-0.3, -0.25) is 0 Å². The molecule has 0 amide bonds. The highest BCUT2D eigenvalue weighted by Gasteiger charge is 1.95. The molecule has 1 aromatic rings. The summed E-state index contributed by atoms with van der Waals surface area (Å²) in [5.41, 5.74) is 1.13. The van der Waals surface area contributed by atoms with Gasteiger partial charge in [0.05, 0.1) is 0 Å². The molecule has 0 nitrogen and oxygen atoms in total. The summed E-state index contributed by atoms with van der Waals surface area (Å²) < 4.78 is 0. The van der Waals surface area contributed by atoms with E-state index in [9.17, 15) is 0 Å². The maximum atomic E-state index is 5.87. The molecule has 10 heavy (non-hydrogen) atoms. The van der Waals surface area contributed by atoms with E-state index in [4.69, 9.17) is 11.6 Å². The van der Waals surface area contributed by atoms with Crippen LogP contribution in [-0.4, -0.2) is 0 Å². The second-order valence-corrected chi connectivity index (χ2v) is 2.65. The molecule has 1 radical (unpaired) electrons. The maximum absolute atomic E-state index is 5.87. The van der Waals surface area contributed by atoms with Gasteiger partial charge in [0.15, 0.2) is 0 Å². The van der Waals surface area contributed by atoms with Crippen LogP contribution in [0.3, 0.4) is 0 Å². The van der Waals surface area contributed by atoms with E-state index >= 15 is 0 Å². The number of hydrogen-bond acceptors (Lipinski definition) is 0. The van der Waals surface area contributed by atoms with Gasteiger partial charge in [-0.05, 0) is 24.1 Å². The van der Waals surface area contributed by atoms with E-state index in [0.29, 0.717) is 0 Å². The number of rotatable bonds is 2. The predicted octanol–water partition coefficient (Wildman–Crippen LogP) is 3.09. The Hall–Kier alpha value is -0.490. The van der Waals surface area contributed by atoms with Crippen LogP contribution >= 0.6 is 11.6 Å². The van der Waals surface area contributed by atoms with Gasteiger partial charge in [-0.1, -0.05) is 37.1 Å². The highest BCUT2D eigenvalue weighted by molar-refractivity contribution is 6.31. The van der Waals surface area contributed by atoms with E-state index in [2.05, 4.69) is 13.0 Å². The zero-order valence-electron chi connectivity index (χ0n) is 6.02. The third-order valence-electron chi connectivity index (χ3n) is 1.38. The second kappa shape index (κ2) is 3.62. The normalized spacial score (nSPS) is 9.80. The molecule has 0 aliphatic heterocycles. The van der Waals surface area contributed by atoms with Crippen LogP contribution in [0.2, 0.25) is 5.02 Å². The number of aryl methyl sites for hydroxylation is 1. The van der Waals surface area contributed by atoms with Crippen molar-refractivity contribution in [1.29, 1.82) is 0 Å². The first-order valence-corrected chi connectivity index (χ1v) is 3.87. The van der Waals surface area contributed by atoms with Gasteiger partial charge in [-0.15, -0.1) is 0 Å². The number of hydrogen-bond donors (Lipinski definition) is 0. The molecule has 0 aromatic heterocycles. The van der Waals surface area contributed by atoms with E-state index in [1.807, 2.05) is 18.2 Å². The Kier molecular flexibility index (Phi) is 2.76. The number of halogens is 1. The fraction of sp³-hybridized carbons (Fsp3) is 0.333. The molecule has 0 N–H and O–H groups in total. The van der Waals surface area contributed by atoms with Crippen LogP contribution < -0.4 is 0 Å². The Morgan fingerprint density at radius 1 is 1.60 bits per heavy atom. The lowest BCUT2D eigenvalue weighted by atomic mass is 10.1. The monoisotopic (exact) mass is 153 g/mol. The van der Waals surface area contributed by atoms with Crippen molar-refractivity contribution >= 4 is 11.6 Å². The zero-order chi connectivity index (χ0) is 7.40. The van der Waals surface area contributed by atoms with Crippen molar-refractivity contribution < 1.29 is 0 Å². The summed E-state index contributed by atoms with van der Waals surface area (Å²) in [5.74, 6) is 0. The fourth-order valence-corrected chi connectivity index (χ4v) is 1.11. The predicted molar refractivity (Wildman–Crippen MR) is 44.3 cm³/mol. The molecule has 0 aliphatic carbocycles. The molecule has 0 heterocycles. The highest BCUT2D eigenvalue weighted by Crippen LogP contribution is 2.15. The molecule has 0 aliphatic rings. The molecular formula is C9H10Cl. The van der Waals surface area contributed by atoms with Crippen molar-refractivity contribution in [3.8, 4) is 0 Å². The molecule has 1 aromatic carbocycles. The standard InChI is InChI=1S/C9H10Cl/c1-2-5-8-6-3-4-7-9(8)10/h3-4,7H,2,5H2,1H3. The lowest BCUT2D eigenvalue weighted by Crippen LogP contribution is -1.83. The smallest absolute Gasteiger partial charge is 0.0444 e. The van der Waals surface area contributed by atoms with Gasteiger partial charge in [0.2, 0.25) is 0 Å². The topological polar surface area (TPSA) is 0 Å². The summed E-state index contributed by atoms with van der Waals surface area (Å²) in [7, 11) is 0. The van der Waals surface area contributed by atoms with Crippen molar-refractivity contribution in [3.63, 3.8) is 0 Å². The molecule has 0 fully saturated rings. The van der Waals surface area contributed by atoms with E-state index in [-0.39, 0.29) is 0 Å². The first-order chi connectivity index (χ1) is 4.84. The minimum atomic E-state index is 0.837. The Morgan fingerprint density at radius 2 is 2.40 bits per heavy atom. The van der Waals surface area contributed by atoms with E-state index < -0.39 is 0 Å². The Morgan fingerprint density at radius 3 is 3.00 bits per heavy atom. The van der Waals surface area contributed by atoms with Crippen LogP contribution in [0.4, 0.5) is 0 Å². The van der Waals surface area contributed by atoms with Gasteiger partial charge in [0.1, 0.15) is 0 Å². The Bertz CT molecular complexity index is 206. The van der Waals surface area contributed by atoms with Gasteiger partial charge in [-0.2, -0.15) is 0 Å². The van der Waals surface area contributed by atoms with Crippen molar-refractivity contribution in [1.82, 2.24) is 0 Å². The van der Waals surface area contributed by atoms with E-state index in [1.165, 1.54) is 0 Å². The molecule has 0 saturated heterocycles. The number of benzene rings is 1. The zero-order valence-corrected chi connectivity index (χ0v) is 6.78. The lowest BCUT2D eigenvalue weighted by Gasteiger charge is -1.98. The molecular weight excluding hydrogens is 144 g/mol. The summed E-state index contributed by atoms with van der Waals surface area (Å²) in [4.78, 5) is 0. The lowest BCUT2D eigenvalue weighted by molar-refractivity contribution is 0.920. The van der Waals surface area contributed by atoms with Crippen LogP contribution in [0, 0.1) is 6.07 Å². The quantitative estimate of drug-likeness (QED) is 0.613. The van der Waals surface area contributed by atoms with Crippen LogP contribution in [-0.2, 0) is 6.42 Å². The van der Waals surface area contributed by atoms with Crippen LogP contribution in [0.15, 0.2) is 18.2 Å². The van der Waals surface area contributed by atoms with Crippen molar-refractivity contribution in [2.24, 2.45) is 0 Å². The van der Waals surface area contributed by atoms with Crippen molar-refractivity contribution in [2.75, 3.05) is 0 Å². The average Bonchev–Trinajstić information content (AvgIpc) is 1.94. The summed E-state index contributed by atoms with van der Waals surface area (Å²) >= 11 is 5.87. The molecule has 1 rings (SSSR count). The molecule has 53 valence electrons. The minimum Gasteiger partial charge on any atom is -0.0840 e. The molecule has 0 saturated carbocycles. The minimum absolute atomic E-state index is 0.837. The summed E-state index contributed by atoms with van der Waals surface area (Å²) in [6.07, 6.45) is 2.15. The van der Waals surface area contributed by atoms with Gasteiger partial charge < -0.3 is 0 Å². The molecule has 0 atom stereocenters. The van der Waals surface area contributed by atoms with Gasteiger partial charge in [-0.25, -0.2) is 0 Å². The van der Waals surface area contributed by atoms with Gasteiger partial charge in [0.25, 0.3) is 0 Å². The first kappa shape index (κ1) is 7.62. The maximum Gasteiger partial charge on any atom is 0.0444 e. The summed E-state index contributed by atoms with van der Waals surface area (Å²) in [5, 5.41) is 0.837. The molecule has 0 bridgehead atoms. The highest BCUT2D eigenvalue weighted by atomic mass is 35.5. The Balaban J connectivity index is 2.81. The third kappa shape index (κ3) is 1.74. The average molecular weight is 154 g/mol. The third-order valence-corrected chi connectivity index (χ3v) is 1.74. The summed E-state index contributed by atoms with van der Waals surface area (Å²) in [6, 6.07) is 8.82. The van der Waals surface area contributed by atoms with Crippen molar-refractivity contribution in [3.05, 3.63) is 34.9 Å². The van der Waals surface area contributed by atoms with Crippen LogP contribution in [0.5, 0.6) is 0 Å². The fourth-order valence-electron chi connectivity index (χ4n) is 0.892. The van der Waals surface area contributed by atoms with Crippen molar-refractivity contribution in [2.45, 2.75) is 19.8 Å². The first-order valence-electron chi connectivity index (χ1n) is 3.49. The van der Waals surface area contributed by atoms with Gasteiger partial charge in [0, 0.05) is 5.02 Å². The largest absolute Gasteiger partial charge is 0.0840 e. The van der Waals surface area contributed by atoms with E-state index in [0.717, 1.165) is 23.4 Å².